The van der Waals surface area contributed by atoms with Gasteiger partial charge in [-0.2, -0.15) is 0 Å². The number of fused-ring (bicyclic) bond motifs is 1. The Labute approximate surface area is 134 Å². The lowest BCUT2D eigenvalue weighted by Crippen LogP contribution is -2.30. The van der Waals surface area contributed by atoms with Crippen molar-refractivity contribution in [3.05, 3.63) is 57.5 Å². The van der Waals surface area contributed by atoms with Gasteiger partial charge in [-0.15, -0.1) is 0 Å². The summed E-state index contributed by atoms with van der Waals surface area (Å²) in [5.74, 6) is 0.880. The molecule has 0 radical (unpaired) electrons. The van der Waals surface area contributed by atoms with Crippen LogP contribution in [0.15, 0.2) is 40.3 Å². The van der Waals surface area contributed by atoms with E-state index in [1.807, 2.05) is 32.0 Å². The molecule has 0 saturated heterocycles. The molecule has 116 valence electrons. The molecule has 2 aromatic rings. The van der Waals surface area contributed by atoms with Gasteiger partial charge in [-0.05, 0) is 11.5 Å². The van der Waals surface area contributed by atoms with Gasteiger partial charge in [0.15, 0.2) is 5.16 Å². The number of thioether (sulfide) groups is 1. The maximum absolute atomic E-state index is 12.9. The third-order valence-electron chi connectivity index (χ3n) is 3.90. The van der Waals surface area contributed by atoms with E-state index in [1.165, 1.54) is 5.56 Å². The van der Waals surface area contributed by atoms with Gasteiger partial charge < -0.3 is 4.74 Å². The van der Waals surface area contributed by atoms with Crippen molar-refractivity contribution in [2.45, 2.75) is 37.6 Å². The number of ether oxygens (including phenoxy) is 1. The summed E-state index contributed by atoms with van der Waals surface area (Å²) in [6, 6.07) is 10.2. The molecule has 1 aliphatic heterocycles. The highest BCUT2D eigenvalue weighted by atomic mass is 32.2. The summed E-state index contributed by atoms with van der Waals surface area (Å²) in [6.45, 7) is 4.09. The zero-order valence-corrected chi connectivity index (χ0v) is 13.9. The Morgan fingerprint density at radius 2 is 2.09 bits per heavy atom. The summed E-state index contributed by atoms with van der Waals surface area (Å²) in [5.41, 5.74) is 2.91. The van der Waals surface area contributed by atoms with Crippen LogP contribution in [-0.2, 0) is 11.2 Å². The first-order valence-electron chi connectivity index (χ1n) is 7.46. The number of hydrogen-bond donors (Lipinski definition) is 0. The summed E-state index contributed by atoms with van der Waals surface area (Å²) < 4.78 is 7.12. The van der Waals surface area contributed by atoms with Crippen molar-refractivity contribution in [1.29, 1.82) is 0 Å². The second-order valence-electron chi connectivity index (χ2n) is 5.75. The van der Waals surface area contributed by atoms with Crippen LogP contribution < -0.4 is 5.56 Å². The van der Waals surface area contributed by atoms with Crippen molar-refractivity contribution < 1.29 is 4.74 Å². The number of aromatic nitrogens is 2. The third-order valence-corrected chi connectivity index (χ3v) is 4.90. The fourth-order valence-electron chi connectivity index (χ4n) is 2.82. The van der Waals surface area contributed by atoms with Gasteiger partial charge in [0.1, 0.15) is 6.23 Å². The monoisotopic (exact) mass is 316 g/mol. The maximum atomic E-state index is 12.9. The largest absolute Gasteiger partial charge is 0.360 e. The zero-order chi connectivity index (χ0) is 15.7. The average Bonchev–Trinajstić information content (AvgIpc) is 2.91. The van der Waals surface area contributed by atoms with Crippen LogP contribution in [0.5, 0.6) is 0 Å². The molecular weight excluding hydrogens is 296 g/mol. The predicted molar refractivity (Wildman–Crippen MR) is 88.6 cm³/mol. The third kappa shape index (κ3) is 2.71. The Hall–Kier alpha value is -1.59. The van der Waals surface area contributed by atoms with E-state index in [4.69, 9.17) is 9.72 Å². The van der Waals surface area contributed by atoms with E-state index in [-0.39, 0.29) is 17.7 Å². The molecule has 0 spiro atoms. The predicted octanol–water partition coefficient (Wildman–Crippen LogP) is 3.21. The highest BCUT2D eigenvalue weighted by molar-refractivity contribution is 7.99. The van der Waals surface area contributed by atoms with Gasteiger partial charge in [-0.25, -0.2) is 4.98 Å². The van der Waals surface area contributed by atoms with Gasteiger partial charge in [-0.3, -0.25) is 9.36 Å². The first-order chi connectivity index (χ1) is 10.6. The van der Waals surface area contributed by atoms with Gasteiger partial charge in [0.25, 0.3) is 5.56 Å². The molecule has 2 heterocycles. The molecule has 5 heteroatoms. The second-order valence-corrected chi connectivity index (χ2v) is 6.74. The summed E-state index contributed by atoms with van der Waals surface area (Å²) >= 11 is 1.59. The van der Waals surface area contributed by atoms with Gasteiger partial charge in [0, 0.05) is 24.8 Å². The number of benzene rings is 1. The molecule has 0 N–H and O–H groups in total. The van der Waals surface area contributed by atoms with Crippen LogP contribution in [0.2, 0.25) is 0 Å². The molecular formula is C17H20N2O2S. The molecule has 0 fully saturated rings. The summed E-state index contributed by atoms with van der Waals surface area (Å²) in [7, 11) is 1.64. The molecule has 1 unspecified atom stereocenters. The van der Waals surface area contributed by atoms with Gasteiger partial charge >= 0.3 is 0 Å². The minimum absolute atomic E-state index is 0.0442. The molecule has 0 aliphatic carbocycles. The van der Waals surface area contributed by atoms with Crippen LogP contribution in [-0.4, -0.2) is 22.4 Å². The Balaban J connectivity index is 2.11. The van der Waals surface area contributed by atoms with Crippen molar-refractivity contribution in [3.8, 4) is 0 Å². The molecule has 0 amide bonds. The van der Waals surface area contributed by atoms with E-state index in [0.717, 1.165) is 22.2 Å². The SMILES string of the molecule is COC1CSc2nc(Cc3ccccc3)c(C(C)C)c(=O)n21. The molecule has 0 bridgehead atoms. The highest BCUT2D eigenvalue weighted by Gasteiger charge is 2.28. The van der Waals surface area contributed by atoms with E-state index in [9.17, 15) is 4.79 Å². The fourth-order valence-corrected chi connectivity index (χ4v) is 3.91. The topological polar surface area (TPSA) is 44.1 Å². The molecule has 1 aliphatic rings. The van der Waals surface area contributed by atoms with Crippen LogP contribution in [0.3, 0.4) is 0 Å². The van der Waals surface area contributed by atoms with Crippen molar-refractivity contribution >= 4 is 11.8 Å². The lowest BCUT2D eigenvalue weighted by molar-refractivity contribution is 0.0582. The number of rotatable bonds is 4. The number of hydrogen-bond acceptors (Lipinski definition) is 4. The normalized spacial score (nSPS) is 17.0. The Kier molecular flexibility index (Phi) is 4.36. The van der Waals surface area contributed by atoms with Gasteiger partial charge in [0.2, 0.25) is 0 Å². The van der Waals surface area contributed by atoms with Crippen molar-refractivity contribution in [3.63, 3.8) is 0 Å². The van der Waals surface area contributed by atoms with E-state index < -0.39 is 0 Å². The Morgan fingerprint density at radius 1 is 1.36 bits per heavy atom. The van der Waals surface area contributed by atoms with E-state index >= 15 is 0 Å². The van der Waals surface area contributed by atoms with Crippen molar-refractivity contribution in [2.75, 3.05) is 12.9 Å². The molecule has 1 atom stereocenters. The molecule has 1 aromatic carbocycles. The number of methoxy groups -OCH3 is 1. The minimum atomic E-state index is -0.205. The van der Waals surface area contributed by atoms with Crippen molar-refractivity contribution in [1.82, 2.24) is 9.55 Å². The Morgan fingerprint density at radius 3 is 2.73 bits per heavy atom. The second kappa shape index (κ2) is 6.26. The standard InChI is InChI=1S/C17H20N2O2S/c1-11(2)15-13(9-12-7-5-4-6-8-12)18-17-19(16(15)20)14(21-3)10-22-17/h4-8,11,14H,9-10H2,1-3H3. The Bertz CT molecular complexity index is 725. The fraction of sp³-hybridized carbons (Fsp3) is 0.412. The molecule has 22 heavy (non-hydrogen) atoms. The first kappa shape index (κ1) is 15.3. The van der Waals surface area contributed by atoms with E-state index in [0.29, 0.717) is 6.42 Å². The van der Waals surface area contributed by atoms with E-state index in [1.54, 1.807) is 23.4 Å². The summed E-state index contributed by atoms with van der Waals surface area (Å²) in [5, 5.41) is 0.771. The lowest BCUT2D eigenvalue weighted by Gasteiger charge is -2.17. The molecule has 1 aromatic heterocycles. The first-order valence-corrected chi connectivity index (χ1v) is 8.45. The van der Waals surface area contributed by atoms with Crippen LogP contribution in [0.25, 0.3) is 0 Å². The highest BCUT2D eigenvalue weighted by Crippen LogP contribution is 2.32. The average molecular weight is 316 g/mol. The number of nitrogens with zero attached hydrogens (tertiary/aromatic N) is 2. The summed E-state index contributed by atoms with van der Waals surface area (Å²) in [6.07, 6.45) is 0.485. The summed E-state index contributed by atoms with van der Waals surface area (Å²) in [4.78, 5) is 17.7. The van der Waals surface area contributed by atoms with Crippen molar-refractivity contribution in [2.24, 2.45) is 0 Å². The van der Waals surface area contributed by atoms with Gasteiger partial charge in [-0.1, -0.05) is 55.9 Å². The van der Waals surface area contributed by atoms with Gasteiger partial charge in [0.05, 0.1) is 5.69 Å². The smallest absolute Gasteiger partial charge is 0.260 e. The van der Waals surface area contributed by atoms with Crippen LogP contribution in [0.4, 0.5) is 0 Å². The van der Waals surface area contributed by atoms with E-state index in [2.05, 4.69) is 12.1 Å². The van der Waals surface area contributed by atoms with Crippen LogP contribution in [0, 0.1) is 0 Å². The molecule has 3 rings (SSSR count). The quantitative estimate of drug-likeness (QED) is 0.813. The van der Waals surface area contributed by atoms with Crippen LogP contribution >= 0.6 is 11.8 Å². The molecule has 0 saturated carbocycles. The lowest BCUT2D eigenvalue weighted by atomic mass is 9.98. The molecule has 4 nitrogen and oxygen atoms in total. The minimum Gasteiger partial charge on any atom is -0.360 e. The maximum Gasteiger partial charge on any atom is 0.260 e. The zero-order valence-electron chi connectivity index (χ0n) is 13.1. The van der Waals surface area contributed by atoms with Crippen LogP contribution in [0.1, 0.15) is 42.8 Å².